The number of methoxy groups -OCH3 is 1. The average Bonchev–Trinajstić information content (AvgIpc) is 3.08. The van der Waals surface area contributed by atoms with E-state index in [0.29, 0.717) is 28.4 Å². The Bertz CT molecular complexity index is 932. The van der Waals surface area contributed by atoms with E-state index in [9.17, 15) is 14.7 Å². The van der Waals surface area contributed by atoms with Crippen LogP contribution in [0.3, 0.4) is 0 Å². The minimum Gasteiger partial charge on any atom is -0.507 e. The van der Waals surface area contributed by atoms with Gasteiger partial charge in [-0.25, -0.2) is 0 Å². The fourth-order valence-corrected chi connectivity index (χ4v) is 3.37. The van der Waals surface area contributed by atoms with E-state index < -0.39 is 11.9 Å². The van der Waals surface area contributed by atoms with Crippen molar-refractivity contribution in [3.63, 3.8) is 0 Å². The Labute approximate surface area is 149 Å². The maximum absolute atomic E-state index is 12.1. The van der Waals surface area contributed by atoms with Gasteiger partial charge in [0.2, 0.25) is 12.5 Å². The largest absolute Gasteiger partial charge is 0.507 e. The van der Waals surface area contributed by atoms with Crippen LogP contribution in [0.4, 0.5) is 0 Å². The smallest absolute Gasteiger partial charge is 0.312 e. The third kappa shape index (κ3) is 2.44. The van der Waals surface area contributed by atoms with Gasteiger partial charge in [0.1, 0.15) is 11.5 Å². The van der Waals surface area contributed by atoms with Crippen molar-refractivity contribution in [2.75, 3.05) is 13.9 Å². The molecule has 0 radical (unpaired) electrons. The third-order valence-electron chi connectivity index (χ3n) is 4.58. The minimum atomic E-state index is -0.506. The van der Waals surface area contributed by atoms with Crippen LogP contribution in [0.15, 0.2) is 24.3 Å². The van der Waals surface area contributed by atoms with Gasteiger partial charge in [0.05, 0.1) is 19.1 Å². The molecule has 7 heteroatoms. The Hall–Kier alpha value is -3.22. The van der Waals surface area contributed by atoms with E-state index in [0.717, 1.165) is 0 Å². The number of phenols is 1. The molecule has 1 N–H and O–H groups in total. The van der Waals surface area contributed by atoms with E-state index in [1.54, 1.807) is 12.1 Å². The highest BCUT2D eigenvalue weighted by Crippen LogP contribution is 2.49. The molecule has 0 fully saturated rings. The number of fused-ring (bicyclic) bond motifs is 2. The lowest BCUT2D eigenvalue weighted by molar-refractivity contribution is -0.135. The molecule has 134 valence electrons. The number of hydrogen-bond acceptors (Lipinski definition) is 7. The fourth-order valence-electron chi connectivity index (χ4n) is 3.37. The second kappa shape index (κ2) is 5.94. The van der Waals surface area contributed by atoms with Crippen molar-refractivity contribution in [1.82, 2.24) is 0 Å². The summed E-state index contributed by atoms with van der Waals surface area (Å²) in [6, 6.07) is 6.46. The van der Waals surface area contributed by atoms with Gasteiger partial charge in [-0.3, -0.25) is 9.59 Å². The number of rotatable bonds is 3. The van der Waals surface area contributed by atoms with E-state index in [-0.39, 0.29) is 36.1 Å². The molecule has 2 aromatic carbocycles. The number of phenolic OH excluding ortho intramolecular Hbond substituents is 1. The zero-order valence-electron chi connectivity index (χ0n) is 14.2. The molecule has 7 nitrogen and oxygen atoms in total. The second-order valence-electron chi connectivity index (χ2n) is 6.12. The van der Waals surface area contributed by atoms with Crippen molar-refractivity contribution in [3.05, 3.63) is 41.0 Å². The molecule has 2 aromatic rings. The van der Waals surface area contributed by atoms with Gasteiger partial charge in [-0.05, 0) is 36.8 Å². The average molecular weight is 356 g/mol. The lowest BCUT2D eigenvalue weighted by atomic mass is 9.84. The van der Waals surface area contributed by atoms with E-state index in [1.165, 1.54) is 26.2 Å². The Kier molecular flexibility index (Phi) is 3.72. The number of aromatic hydroxyl groups is 1. The summed E-state index contributed by atoms with van der Waals surface area (Å²) in [6.07, 6.45) is 0.0186. The van der Waals surface area contributed by atoms with Crippen molar-refractivity contribution in [3.8, 4) is 28.7 Å². The molecule has 2 heterocycles. The standard InChI is InChI=1S/C19H16O7/c1-9(20)11-3-4-13-17(18(11)22)12(7-16(21)26-13)10-5-14(23-2)19-15(6-10)24-8-25-19/h3-6,12,22H,7-8H2,1-2H3/t12-/m0/s1. The van der Waals surface area contributed by atoms with Crippen LogP contribution in [0.5, 0.6) is 28.7 Å². The van der Waals surface area contributed by atoms with Crippen LogP contribution in [-0.2, 0) is 4.79 Å². The third-order valence-corrected chi connectivity index (χ3v) is 4.58. The van der Waals surface area contributed by atoms with Gasteiger partial charge >= 0.3 is 5.97 Å². The zero-order valence-corrected chi connectivity index (χ0v) is 14.2. The van der Waals surface area contributed by atoms with Crippen LogP contribution >= 0.6 is 0 Å². The van der Waals surface area contributed by atoms with Crippen LogP contribution in [0.1, 0.15) is 40.7 Å². The molecule has 0 saturated carbocycles. The summed E-state index contributed by atoms with van der Waals surface area (Å²) < 4.78 is 21.4. The number of ether oxygens (including phenoxy) is 4. The lowest BCUT2D eigenvalue weighted by Gasteiger charge is -2.26. The fraction of sp³-hybridized carbons (Fsp3) is 0.263. The predicted molar refractivity (Wildman–Crippen MR) is 89.3 cm³/mol. The van der Waals surface area contributed by atoms with Crippen LogP contribution in [0.25, 0.3) is 0 Å². The highest BCUT2D eigenvalue weighted by atomic mass is 16.7. The van der Waals surface area contributed by atoms with E-state index in [2.05, 4.69) is 0 Å². The van der Waals surface area contributed by atoms with Crippen LogP contribution in [-0.4, -0.2) is 30.8 Å². The predicted octanol–water partition coefficient (Wildman–Crippen LogP) is 2.77. The molecule has 1 atom stereocenters. The van der Waals surface area contributed by atoms with Crippen molar-refractivity contribution in [2.24, 2.45) is 0 Å². The van der Waals surface area contributed by atoms with Gasteiger partial charge in [-0.2, -0.15) is 0 Å². The number of carbonyl (C=O) groups is 2. The van der Waals surface area contributed by atoms with Gasteiger partial charge in [0.25, 0.3) is 0 Å². The van der Waals surface area contributed by atoms with Gasteiger partial charge in [-0.1, -0.05) is 0 Å². The second-order valence-corrected chi connectivity index (χ2v) is 6.12. The summed E-state index contributed by atoms with van der Waals surface area (Å²) in [5.41, 5.74) is 1.28. The highest BCUT2D eigenvalue weighted by molar-refractivity contribution is 5.98. The van der Waals surface area contributed by atoms with E-state index in [4.69, 9.17) is 18.9 Å². The molecular formula is C19H16O7. The topological polar surface area (TPSA) is 91.3 Å². The monoisotopic (exact) mass is 356 g/mol. The number of benzene rings is 2. The molecule has 0 aliphatic carbocycles. The summed E-state index contributed by atoms with van der Waals surface area (Å²) in [5, 5.41) is 10.6. The first-order valence-corrected chi connectivity index (χ1v) is 8.04. The maximum Gasteiger partial charge on any atom is 0.312 e. The molecule has 0 saturated heterocycles. The van der Waals surface area contributed by atoms with E-state index >= 15 is 0 Å². The van der Waals surface area contributed by atoms with Crippen molar-refractivity contribution in [1.29, 1.82) is 0 Å². The number of hydrogen-bond donors (Lipinski definition) is 1. The first kappa shape index (κ1) is 16.3. The maximum atomic E-state index is 12.1. The number of carbonyl (C=O) groups excluding carboxylic acids is 2. The molecule has 4 rings (SSSR count). The Morgan fingerprint density at radius 3 is 2.77 bits per heavy atom. The van der Waals surface area contributed by atoms with Crippen molar-refractivity contribution >= 4 is 11.8 Å². The van der Waals surface area contributed by atoms with Crippen LogP contribution < -0.4 is 18.9 Å². The molecule has 2 aliphatic rings. The van der Waals surface area contributed by atoms with Gasteiger partial charge in [0, 0.05) is 11.5 Å². The van der Waals surface area contributed by atoms with Crippen molar-refractivity contribution in [2.45, 2.75) is 19.3 Å². The van der Waals surface area contributed by atoms with Crippen LogP contribution in [0, 0.1) is 0 Å². The highest BCUT2D eigenvalue weighted by Gasteiger charge is 2.34. The molecule has 2 aliphatic heterocycles. The zero-order chi connectivity index (χ0) is 18.4. The first-order valence-electron chi connectivity index (χ1n) is 8.04. The normalized spacial score (nSPS) is 17.5. The quantitative estimate of drug-likeness (QED) is 0.514. The summed E-state index contributed by atoms with van der Waals surface area (Å²) in [4.78, 5) is 23.9. The molecule has 0 spiro atoms. The van der Waals surface area contributed by atoms with Gasteiger partial charge in [-0.15, -0.1) is 0 Å². The summed E-state index contributed by atoms with van der Waals surface area (Å²) >= 11 is 0. The summed E-state index contributed by atoms with van der Waals surface area (Å²) in [6.45, 7) is 1.45. The summed E-state index contributed by atoms with van der Waals surface area (Å²) in [7, 11) is 1.51. The molecule has 0 unspecified atom stereocenters. The van der Waals surface area contributed by atoms with Gasteiger partial charge in [0.15, 0.2) is 17.3 Å². The van der Waals surface area contributed by atoms with E-state index in [1.807, 2.05) is 0 Å². The molecule has 0 aromatic heterocycles. The minimum absolute atomic E-state index is 0.0186. The first-order chi connectivity index (χ1) is 12.5. The summed E-state index contributed by atoms with van der Waals surface area (Å²) in [5.74, 6) is 0.332. The SMILES string of the molecule is COc1cc([C@@H]2CC(=O)Oc3ccc(C(C)=O)c(O)c32)cc2c1OCO2. The number of esters is 1. The lowest BCUT2D eigenvalue weighted by Crippen LogP contribution is -2.21. The Morgan fingerprint density at radius 1 is 1.23 bits per heavy atom. The van der Waals surface area contributed by atoms with Gasteiger partial charge < -0.3 is 24.1 Å². The molecule has 0 amide bonds. The van der Waals surface area contributed by atoms with Crippen LogP contribution in [0.2, 0.25) is 0 Å². The molecule has 26 heavy (non-hydrogen) atoms. The molecular weight excluding hydrogens is 340 g/mol. The Morgan fingerprint density at radius 2 is 2.04 bits per heavy atom. The molecule has 0 bridgehead atoms. The van der Waals surface area contributed by atoms with Crippen molar-refractivity contribution < 1.29 is 33.6 Å². The number of Topliss-reactive ketones (excluding diaryl/α,β-unsaturated/α-hetero) is 1. The Balaban J connectivity index is 1.90. The number of ketones is 1.